The van der Waals surface area contributed by atoms with Gasteiger partial charge in [-0.3, -0.25) is 6.08 Å². The Morgan fingerprint density at radius 2 is 1.34 bits per heavy atom. The van der Waals surface area contributed by atoms with E-state index < -0.39 is 0 Å². The standard InChI is InChI=1S/C29H37.C11H17.2C7H7.CH2.2ClH.Zr/c1-18-25-22-17-19-13-9-10-14-20(19)24(22)21-15-11-12-16-23(21)29(25,8)28(6,7)27(4,5)26(18,2)3;1-5-9-6-7-10(8-9)11(2,3)4;2*1-7-5-3-2-4-6-7;;;;/h9-11,13-15,23H,12,16-17H2,1-8H3;7-9H,5H2,1-4H3;2*3-6H,1H3;1H2;2*1H;/q4*-1;;;;. The third-order valence-corrected chi connectivity index (χ3v) is 14.7. The summed E-state index contributed by atoms with van der Waals surface area (Å²) < 4.78 is 3.34. The van der Waals surface area contributed by atoms with Crippen LogP contribution in [0.3, 0.4) is 0 Å². The van der Waals surface area contributed by atoms with Gasteiger partial charge in [-0.15, -0.1) is 31.7 Å². The van der Waals surface area contributed by atoms with E-state index in [1.807, 2.05) is 48.5 Å². The Balaban J connectivity index is 0.000000327. The van der Waals surface area contributed by atoms with E-state index in [0.717, 1.165) is 6.42 Å². The second kappa shape index (κ2) is 20.9. The van der Waals surface area contributed by atoms with E-state index in [1.54, 1.807) is 28.2 Å². The van der Waals surface area contributed by atoms with Crippen molar-refractivity contribution in [3.8, 4) is 0 Å². The van der Waals surface area contributed by atoms with Crippen LogP contribution in [0, 0.1) is 76.9 Å². The van der Waals surface area contributed by atoms with Crippen molar-refractivity contribution < 1.29 is 24.2 Å². The van der Waals surface area contributed by atoms with Gasteiger partial charge in [-0.1, -0.05) is 173 Å². The molecule has 1 fully saturated rings. The predicted octanol–water partition coefficient (Wildman–Crippen LogP) is 15.7. The van der Waals surface area contributed by atoms with Gasteiger partial charge in [0.2, 0.25) is 0 Å². The second-order valence-electron chi connectivity index (χ2n) is 19.1. The SMILES string of the molecule is CCC1[C-]=CC(C(C)(C)C)=C1.C[C-]1C2=C3Cc4ccccc4C3=C3C=CCCC3C2(C)C(C)(C)C(C)(C)C1(C)C.Cc1cc[c-]cc1.Cc1cc[c-]cc1.Cl.Cl.[CH2]=[Zr]. The number of hydrogen-bond donors (Lipinski definition) is 0. The summed E-state index contributed by atoms with van der Waals surface area (Å²) >= 11 is 1.30. The van der Waals surface area contributed by atoms with Crippen molar-refractivity contribution in [2.45, 2.75) is 123 Å². The van der Waals surface area contributed by atoms with Crippen LogP contribution < -0.4 is 0 Å². The molecule has 8 rings (SSSR count). The molecule has 0 aromatic heterocycles. The fourth-order valence-electron chi connectivity index (χ4n) is 9.72. The molecule has 0 amide bonds. The number of benzene rings is 3. The molecule has 5 aliphatic rings. The molecule has 1 saturated carbocycles. The first-order valence-corrected chi connectivity index (χ1v) is 22.6. The Hall–Kier alpha value is -2.44. The fourth-order valence-corrected chi connectivity index (χ4v) is 9.72. The molecule has 3 aromatic rings. The topological polar surface area (TPSA) is 0 Å². The summed E-state index contributed by atoms with van der Waals surface area (Å²) in [4.78, 5) is 0. The first kappa shape index (κ1) is 51.7. The van der Waals surface area contributed by atoms with E-state index in [9.17, 15) is 0 Å². The quantitative estimate of drug-likeness (QED) is 0.214. The van der Waals surface area contributed by atoms with Gasteiger partial charge >= 0.3 is 28.4 Å². The predicted molar refractivity (Wildman–Crippen MR) is 255 cm³/mol. The Morgan fingerprint density at radius 1 is 0.810 bits per heavy atom. The summed E-state index contributed by atoms with van der Waals surface area (Å²) in [6.45, 7) is 33.4. The van der Waals surface area contributed by atoms with Crippen LogP contribution in [0.1, 0.15) is 125 Å². The maximum atomic E-state index is 3.35. The van der Waals surface area contributed by atoms with Crippen LogP contribution in [-0.4, -0.2) is 4.21 Å². The van der Waals surface area contributed by atoms with E-state index in [2.05, 4.69) is 168 Å². The minimum atomic E-state index is 0. The molecule has 0 spiro atoms. The number of rotatable bonds is 1. The molecule has 3 heteroatoms. The van der Waals surface area contributed by atoms with Crippen molar-refractivity contribution in [3.05, 3.63) is 166 Å². The minimum absolute atomic E-state index is 0. The van der Waals surface area contributed by atoms with Gasteiger partial charge in [-0.25, -0.2) is 12.0 Å². The van der Waals surface area contributed by atoms with Gasteiger partial charge in [0.1, 0.15) is 0 Å². The zero-order valence-corrected chi connectivity index (χ0v) is 42.3. The summed E-state index contributed by atoms with van der Waals surface area (Å²) in [7, 11) is 0. The van der Waals surface area contributed by atoms with Crippen LogP contribution in [0.15, 0.2) is 119 Å². The Morgan fingerprint density at radius 3 is 1.79 bits per heavy atom. The van der Waals surface area contributed by atoms with Crippen LogP contribution in [0.2, 0.25) is 0 Å². The number of aryl methyl sites for hydroxylation is 2. The average molecular weight is 895 g/mol. The van der Waals surface area contributed by atoms with E-state index in [0.29, 0.717) is 17.3 Å². The summed E-state index contributed by atoms with van der Waals surface area (Å²) in [6, 6.07) is 30.8. The molecular formula is C55H72Cl2Zr-4. The van der Waals surface area contributed by atoms with Crippen molar-refractivity contribution in [2.24, 2.45) is 38.9 Å². The Labute approximate surface area is 383 Å². The van der Waals surface area contributed by atoms with Gasteiger partial charge in [0.05, 0.1) is 0 Å². The zero-order valence-electron chi connectivity index (χ0n) is 38.2. The van der Waals surface area contributed by atoms with Gasteiger partial charge in [-0.05, 0) is 40.6 Å². The molecule has 3 aromatic carbocycles. The number of hydrogen-bond acceptors (Lipinski definition) is 0. The molecule has 58 heavy (non-hydrogen) atoms. The molecule has 0 nitrogen and oxygen atoms in total. The molecule has 0 aliphatic heterocycles. The summed E-state index contributed by atoms with van der Waals surface area (Å²) in [5.74, 6) is 2.81. The number of allylic oxidation sites excluding steroid dienone is 10. The number of halogens is 2. The van der Waals surface area contributed by atoms with Crippen molar-refractivity contribution >= 4 is 34.6 Å². The molecule has 5 aliphatic carbocycles. The molecule has 0 heterocycles. The van der Waals surface area contributed by atoms with Gasteiger partial charge in [0, 0.05) is 0 Å². The third kappa shape index (κ3) is 10.0. The summed E-state index contributed by atoms with van der Waals surface area (Å²) in [5, 5.41) is 0. The van der Waals surface area contributed by atoms with Crippen molar-refractivity contribution in [1.29, 1.82) is 0 Å². The zero-order chi connectivity index (χ0) is 41.7. The summed E-state index contributed by atoms with van der Waals surface area (Å²) in [6.07, 6.45) is 17.5. The van der Waals surface area contributed by atoms with Gasteiger partial charge in [0.25, 0.3) is 0 Å². The Kier molecular flexibility index (Phi) is 18.6. The number of fused-ring (bicyclic) bond motifs is 6. The molecule has 0 radical (unpaired) electrons. The van der Waals surface area contributed by atoms with Crippen molar-refractivity contribution in [2.75, 3.05) is 0 Å². The average Bonchev–Trinajstić information content (AvgIpc) is 3.83. The van der Waals surface area contributed by atoms with Crippen LogP contribution in [0.4, 0.5) is 0 Å². The van der Waals surface area contributed by atoms with Crippen molar-refractivity contribution in [1.82, 2.24) is 0 Å². The molecule has 314 valence electrons. The van der Waals surface area contributed by atoms with E-state index in [4.69, 9.17) is 0 Å². The Bertz CT molecular complexity index is 1910. The van der Waals surface area contributed by atoms with Gasteiger partial charge < -0.3 is 0 Å². The van der Waals surface area contributed by atoms with E-state index in [-0.39, 0.29) is 46.5 Å². The normalized spacial score (nSPS) is 23.3. The monoisotopic (exact) mass is 892 g/mol. The van der Waals surface area contributed by atoms with Gasteiger partial charge in [0.15, 0.2) is 0 Å². The molecule has 0 saturated heterocycles. The molecule has 0 bridgehead atoms. The second-order valence-corrected chi connectivity index (χ2v) is 19.1. The molecule has 0 N–H and O–H groups in total. The first-order valence-electron chi connectivity index (χ1n) is 20.9. The van der Waals surface area contributed by atoms with E-state index in [1.165, 1.54) is 71.3 Å². The van der Waals surface area contributed by atoms with Crippen LogP contribution in [-0.2, 0) is 30.7 Å². The molecule has 3 unspecified atom stereocenters. The fraction of sp³-hybridized carbons (Fsp3) is 0.455. The van der Waals surface area contributed by atoms with E-state index >= 15 is 0 Å². The van der Waals surface area contributed by atoms with Crippen LogP contribution in [0.25, 0.3) is 5.57 Å². The molecule has 3 atom stereocenters. The van der Waals surface area contributed by atoms with Crippen LogP contribution >= 0.6 is 24.8 Å². The van der Waals surface area contributed by atoms with Crippen LogP contribution in [0.5, 0.6) is 0 Å². The first-order chi connectivity index (χ1) is 26.3. The summed E-state index contributed by atoms with van der Waals surface area (Å²) in [5.41, 5.74) is 14.6. The molecular weight excluding hydrogens is 823 g/mol. The maximum absolute atomic E-state index is 3.35. The van der Waals surface area contributed by atoms with Gasteiger partial charge in [-0.2, -0.15) is 94.6 Å². The van der Waals surface area contributed by atoms with Crippen molar-refractivity contribution in [3.63, 3.8) is 0 Å². The third-order valence-electron chi connectivity index (χ3n) is 14.7.